The molecule has 4 rings (SSSR count). The standard InChI is InChI=1S/C22H23ClN4O2S/c1-15-2-4-16(5-3-15)22-26-25-21(29-22)9-8-20(28)24-17-6-7-19(18(23)14-17)27-10-12-30-13-11-27/h2-7,14H,8-13H2,1H3,(H,24,28). The fourth-order valence-electron chi connectivity index (χ4n) is 3.26. The van der Waals surface area contributed by atoms with Crippen molar-refractivity contribution in [1.29, 1.82) is 0 Å². The highest BCUT2D eigenvalue weighted by molar-refractivity contribution is 7.99. The lowest BCUT2D eigenvalue weighted by Gasteiger charge is -2.29. The molecule has 1 aliphatic rings. The lowest BCUT2D eigenvalue weighted by molar-refractivity contribution is -0.116. The minimum absolute atomic E-state index is 0.122. The lowest BCUT2D eigenvalue weighted by atomic mass is 10.1. The molecule has 8 heteroatoms. The van der Waals surface area contributed by atoms with Crippen molar-refractivity contribution in [2.75, 3.05) is 34.8 Å². The topological polar surface area (TPSA) is 71.3 Å². The van der Waals surface area contributed by atoms with Crippen molar-refractivity contribution in [3.05, 3.63) is 58.9 Å². The molecule has 0 bridgehead atoms. The number of aryl methyl sites for hydroxylation is 2. The van der Waals surface area contributed by atoms with Gasteiger partial charge in [0.1, 0.15) is 0 Å². The second-order valence-corrected chi connectivity index (χ2v) is 8.81. The van der Waals surface area contributed by atoms with Gasteiger partial charge in [0, 0.05) is 48.7 Å². The summed E-state index contributed by atoms with van der Waals surface area (Å²) in [6.45, 7) is 4.00. The Labute approximate surface area is 185 Å². The summed E-state index contributed by atoms with van der Waals surface area (Å²) >= 11 is 8.41. The summed E-state index contributed by atoms with van der Waals surface area (Å²) in [5, 5.41) is 11.7. The SMILES string of the molecule is Cc1ccc(-c2nnc(CCC(=O)Nc3ccc(N4CCSCC4)c(Cl)c3)o2)cc1. The second-order valence-electron chi connectivity index (χ2n) is 7.18. The summed E-state index contributed by atoms with van der Waals surface area (Å²) in [4.78, 5) is 14.6. The summed E-state index contributed by atoms with van der Waals surface area (Å²) in [5.41, 5.74) is 3.74. The number of nitrogens with zero attached hydrogens (tertiary/aromatic N) is 3. The van der Waals surface area contributed by atoms with Crippen molar-refractivity contribution in [3.8, 4) is 11.5 Å². The van der Waals surface area contributed by atoms with Crippen LogP contribution in [-0.2, 0) is 11.2 Å². The minimum Gasteiger partial charge on any atom is -0.421 e. The average Bonchev–Trinajstić information content (AvgIpc) is 3.23. The molecule has 0 saturated carbocycles. The minimum atomic E-state index is -0.122. The van der Waals surface area contributed by atoms with E-state index in [9.17, 15) is 4.79 Å². The Morgan fingerprint density at radius 3 is 2.67 bits per heavy atom. The Balaban J connectivity index is 1.32. The van der Waals surface area contributed by atoms with Crippen molar-refractivity contribution in [3.63, 3.8) is 0 Å². The number of halogens is 1. The fourth-order valence-corrected chi connectivity index (χ4v) is 4.46. The van der Waals surface area contributed by atoms with Gasteiger partial charge in [0.15, 0.2) is 0 Å². The van der Waals surface area contributed by atoms with Gasteiger partial charge in [-0.05, 0) is 37.3 Å². The fraction of sp³-hybridized carbons (Fsp3) is 0.318. The van der Waals surface area contributed by atoms with E-state index < -0.39 is 0 Å². The van der Waals surface area contributed by atoms with Crippen molar-refractivity contribution in [2.24, 2.45) is 0 Å². The Hall–Kier alpha value is -2.51. The lowest BCUT2D eigenvalue weighted by Crippen LogP contribution is -2.32. The third-order valence-corrected chi connectivity index (χ3v) is 6.16. The number of carbonyl (C=O) groups is 1. The van der Waals surface area contributed by atoms with E-state index in [0.29, 0.717) is 28.9 Å². The zero-order valence-corrected chi connectivity index (χ0v) is 18.3. The van der Waals surface area contributed by atoms with Gasteiger partial charge in [0.05, 0.1) is 10.7 Å². The van der Waals surface area contributed by atoms with Gasteiger partial charge < -0.3 is 14.6 Å². The first kappa shape index (κ1) is 20.8. The molecule has 30 heavy (non-hydrogen) atoms. The molecular weight excluding hydrogens is 420 g/mol. The first-order chi connectivity index (χ1) is 14.6. The van der Waals surface area contributed by atoms with Crippen molar-refractivity contribution in [2.45, 2.75) is 19.8 Å². The maximum Gasteiger partial charge on any atom is 0.247 e. The van der Waals surface area contributed by atoms with E-state index in [-0.39, 0.29) is 12.3 Å². The van der Waals surface area contributed by atoms with Crippen LogP contribution in [0.25, 0.3) is 11.5 Å². The van der Waals surface area contributed by atoms with E-state index in [1.165, 1.54) is 5.56 Å². The summed E-state index contributed by atoms with van der Waals surface area (Å²) < 4.78 is 5.68. The first-order valence-electron chi connectivity index (χ1n) is 9.90. The number of hydrogen-bond acceptors (Lipinski definition) is 6. The van der Waals surface area contributed by atoms with Crippen LogP contribution in [-0.4, -0.2) is 40.7 Å². The highest BCUT2D eigenvalue weighted by Gasteiger charge is 2.15. The molecule has 1 N–H and O–H groups in total. The van der Waals surface area contributed by atoms with Crippen LogP contribution in [0.5, 0.6) is 0 Å². The Bertz CT molecular complexity index is 1020. The van der Waals surface area contributed by atoms with Gasteiger partial charge >= 0.3 is 0 Å². The molecule has 3 aromatic rings. The number of hydrogen-bond donors (Lipinski definition) is 1. The average molecular weight is 443 g/mol. The third-order valence-electron chi connectivity index (χ3n) is 4.91. The van der Waals surface area contributed by atoms with Crippen molar-refractivity contribution in [1.82, 2.24) is 10.2 Å². The summed E-state index contributed by atoms with van der Waals surface area (Å²) in [6, 6.07) is 13.5. The molecule has 0 spiro atoms. The molecule has 0 aliphatic carbocycles. The van der Waals surface area contributed by atoms with Crippen LogP contribution in [0.1, 0.15) is 17.9 Å². The zero-order valence-electron chi connectivity index (χ0n) is 16.7. The van der Waals surface area contributed by atoms with Gasteiger partial charge in [-0.1, -0.05) is 29.3 Å². The number of rotatable bonds is 6. The molecule has 0 radical (unpaired) electrons. The molecule has 1 aliphatic heterocycles. The third kappa shape index (κ3) is 5.15. The van der Waals surface area contributed by atoms with E-state index in [2.05, 4.69) is 20.4 Å². The second kappa shape index (κ2) is 9.53. The molecule has 0 unspecified atom stereocenters. The number of carbonyl (C=O) groups excluding carboxylic acids is 1. The number of benzene rings is 2. The van der Waals surface area contributed by atoms with Gasteiger partial charge in [-0.25, -0.2) is 0 Å². The Kier molecular flexibility index (Phi) is 6.59. The summed E-state index contributed by atoms with van der Waals surface area (Å²) in [7, 11) is 0. The molecular formula is C22H23ClN4O2S. The molecule has 1 fully saturated rings. The maximum atomic E-state index is 12.3. The molecule has 1 amide bonds. The Morgan fingerprint density at radius 1 is 1.17 bits per heavy atom. The van der Waals surface area contributed by atoms with Gasteiger partial charge in [-0.15, -0.1) is 10.2 Å². The molecule has 1 aromatic heterocycles. The largest absolute Gasteiger partial charge is 0.421 e. The van der Waals surface area contributed by atoms with Crippen LogP contribution in [0.3, 0.4) is 0 Å². The molecule has 0 atom stereocenters. The quantitative estimate of drug-likeness (QED) is 0.590. The van der Waals surface area contributed by atoms with Crippen LogP contribution in [0.15, 0.2) is 46.9 Å². The number of aromatic nitrogens is 2. The molecule has 2 heterocycles. The van der Waals surface area contributed by atoms with E-state index in [1.54, 1.807) is 6.07 Å². The molecule has 2 aromatic carbocycles. The van der Waals surface area contributed by atoms with Crippen LogP contribution in [0, 0.1) is 6.92 Å². The molecule has 156 valence electrons. The van der Waals surface area contributed by atoms with Crippen LogP contribution in [0.2, 0.25) is 5.02 Å². The predicted molar refractivity (Wildman–Crippen MR) is 122 cm³/mol. The monoisotopic (exact) mass is 442 g/mol. The number of amides is 1. The van der Waals surface area contributed by atoms with Crippen molar-refractivity contribution >= 4 is 40.6 Å². The first-order valence-corrected chi connectivity index (χ1v) is 11.4. The maximum absolute atomic E-state index is 12.3. The van der Waals surface area contributed by atoms with Gasteiger partial charge in [-0.3, -0.25) is 4.79 Å². The van der Waals surface area contributed by atoms with E-state index >= 15 is 0 Å². The normalized spacial score (nSPS) is 14.0. The van der Waals surface area contributed by atoms with Crippen LogP contribution < -0.4 is 10.2 Å². The van der Waals surface area contributed by atoms with Crippen molar-refractivity contribution < 1.29 is 9.21 Å². The zero-order chi connectivity index (χ0) is 20.9. The summed E-state index contributed by atoms with van der Waals surface area (Å²) in [5.74, 6) is 3.00. The highest BCUT2D eigenvalue weighted by atomic mass is 35.5. The molecule has 1 saturated heterocycles. The molecule has 6 nitrogen and oxygen atoms in total. The van der Waals surface area contributed by atoms with Gasteiger partial charge in [-0.2, -0.15) is 11.8 Å². The number of anilines is 2. The number of thioether (sulfide) groups is 1. The Morgan fingerprint density at radius 2 is 1.93 bits per heavy atom. The van der Waals surface area contributed by atoms with Crippen LogP contribution in [0.4, 0.5) is 11.4 Å². The summed E-state index contributed by atoms with van der Waals surface area (Å²) in [6.07, 6.45) is 0.625. The van der Waals surface area contributed by atoms with E-state index in [1.807, 2.05) is 55.1 Å². The highest BCUT2D eigenvalue weighted by Crippen LogP contribution is 2.30. The smallest absolute Gasteiger partial charge is 0.247 e. The van der Waals surface area contributed by atoms with Gasteiger partial charge in [0.25, 0.3) is 0 Å². The predicted octanol–water partition coefficient (Wildman–Crippen LogP) is 4.82. The van der Waals surface area contributed by atoms with E-state index in [0.717, 1.165) is 35.8 Å². The number of nitrogens with one attached hydrogen (secondary N) is 1. The van der Waals surface area contributed by atoms with Crippen LogP contribution >= 0.6 is 23.4 Å². The van der Waals surface area contributed by atoms with Gasteiger partial charge in [0.2, 0.25) is 17.7 Å². The van der Waals surface area contributed by atoms with E-state index in [4.69, 9.17) is 16.0 Å².